The van der Waals surface area contributed by atoms with Crippen molar-refractivity contribution < 1.29 is 23.1 Å². The van der Waals surface area contributed by atoms with Gasteiger partial charge in [0, 0.05) is 35.3 Å². The second-order valence-corrected chi connectivity index (χ2v) is 13.9. The highest BCUT2D eigenvalue weighted by molar-refractivity contribution is 7.91. The van der Waals surface area contributed by atoms with Crippen LogP contribution in [0, 0.1) is 0 Å². The molecule has 2 heterocycles. The van der Waals surface area contributed by atoms with Gasteiger partial charge in [0.15, 0.2) is 0 Å². The molecule has 1 saturated heterocycles. The van der Waals surface area contributed by atoms with E-state index in [1.165, 1.54) is 30.6 Å². The third kappa shape index (κ3) is 6.62. The minimum absolute atomic E-state index is 0.168. The molecule has 2 aromatic carbocycles. The first-order valence-corrected chi connectivity index (χ1v) is 16.2. The van der Waals surface area contributed by atoms with Crippen LogP contribution in [-0.2, 0) is 16.6 Å². The van der Waals surface area contributed by atoms with Crippen LogP contribution in [0.3, 0.4) is 0 Å². The van der Waals surface area contributed by atoms with Crippen molar-refractivity contribution in [3.63, 3.8) is 0 Å². The average molecular weight is 584 g/mol. The summed E-state index contributed by atoms with van der Waals surface area (Å²) in [5, 5.41) is 16.9. The number of carbonyl (C=O) groups excluding carboxylic acids is 1. The number of methoxy groups -OCH3 is 1. The molecule has 1 amide bonds. The van der Waals surface area contributed by atoms with Gasteiger partial charge in [-0.3, -0.25) is 4.79 Å². The molecule has 3 aromatic rings. The number of hydrogen-bond acceptors (Lipinski definition) is 7. The smallest absolute Gasteiger partial charge is 0.252 e. The summed E-state index contributed by atoms with van der Waals surface area (Å²) in [6.45, 7) is 1.12. The Labute approximate surface area is 240 Å². The maximum Gasteiger partial charge on any atom is 0.252 e. The highest BCUT2D eigenvalue weighted by atomic mass is 32.2. The average Bonchev–Trinajstić information content (AvgIpc) is 3.48. The van der Waals surface area contributed by atoms with Crippen molar-refractivity contribution in [2.24, 2.45) is 0 Å². The van der Waals surface area contributed by atoms with Crippen molar-refractivity contribution in [2.75, 3.05) is 25.5 Å². The lowest BCUT2D eigenvalue weighted by atomic mass is 9.83. The molecule has 0 spiro atoms. The van der Waals surface area contributed by atoms with E-state index in [2.05, 4.69) is 16.7 Å². The zero-order chi connectivity index (χ0) is 28.1. The second-order valence-electron chi connectivity index (χ2n) is 10.6. The van der Waals surface area contributed by atoms with E-state index in [1.807, 2.05) is 6.07 Å². The van der Waals surface area contributed by atoms with Gasteiger partial charge in [0.05, 0.1) is 13.7 Å². The van der Waals surface area contributed by atoms with Crippen molar-refractivity contribution >= 4 is 33.0 Å². The molecular formula is C30H37N3O5S2. The first-order chi connectivity index (χ1) is 19.3. The number of nitrogens with zero attached hydrogens (tertiary/aromatic N) is 1. The van der Waals surface area contributed by atoms with Crippen LogP contribution in [0.1, 0.15) is 71.7 Å². The number of piperidine rings is 1. The predicted octanol–water partition coefficient (Wildman–Crippen LogP) is 5.71. The molecule has 5 rings (SSSR count). The molecule has 2 aliphatic rings. The van der Waals surface area contributed by atoms with Crippen LogP contribution >= 0.6 is 11.3 Å². The Morgan fingerprint density at radius 1 is 1.02 bits per heavy atom. The SMILES string of the molecule is COc1cccc(C(=O)NCc2ccc(S(=O)(=O)N3CCC(Nc4ccc(O)c(C5CCCCC5)c4)CC3)s2)c1. The van der Waals surface area contributed by atoms with Gasteiger partial charge < -0.3 is 20.5 Å². The van der Waals surface area contributed by atoms with Crippen LogP contribution in [0.4, 0.5) is 5.69 Å². The molecule has 10 heteroatoms. The molecule has 0 unspecified atom stereocenters. The fourth-order valence-corrected chi connectivity index (χ4v) is 8.53. The molecule has 40 heavy (non-hydrogen) atoms. The highest BCUT2D eigenvalue weighted by Crippen LogP contribution is 2.38. The summed E-state index contributed by atoms with van der Waals surface area (Å²) in [5.74, 6) is 1.14. The number of benzene rings is 2. The number of carbonyl (C=O) groups is 1. The number of sulfonamides is 1. The van der Waals surface area contributed by atoms with Crippen LogP contribution in [0.25, 0.3) is 0 Å². The Balaban J connectivity index is 1.14. The normalized spacial score (nSPS) is 17.4. The molecule has 1 aliphatic heterocycles. The lowest BCUT2D eigenvalue weighted by Crippen LogP contribution is -2.42. The van der Waals surface area contributed by atoms with Crippen LogP contribution in [0.15, 0.2) is 58.8 Å². The molecule has 2 fully saturated rings. The fourth-order valence-electron chi connectivity index (χ4n) is 5.61. The summed E-state index contributed by atoms with van der Waals surface area (Å²) in [6.07, 6.45) is 7.32. The van der Waals surface area contributed by atoms with E-state index >= 15 is 0 Å². The van der Waals surface area contributed by atoms with Gasteiger partial charge >= 0.3 is 0 Å². The molecule has 1 saturated carbocycles. The molecule has 0 atom stereocenters. The first kappa shape index (κ1) is 28.4. The van der Waals surface area contributed by atoms with Gasteiger partial charge in [-0.15, -0.1) is 11.3 Å². The number of anilines is 1. The van der Waals surface area contributed by atoms with Gasteiger partial charge in [-0.2, -0.15) is 4.31 Å². The van der Waals surface area contributed by atoms with E-state index < -0.39 is 10.0 Å². The Morgan fingerprint density at radius 2 is 1.80 bits per heavy atom. The summed E-state index contributed by atoms with van der Waals surface area (Å²) in [5.41, 5.74) is 2.49. The Kier molecular flexibility index (Phi) is 8.97. The number of hydrogen-bond donors (Lipinski definition) is 3. The van der Waals surface area contributed by atoms with E-state index in [-0.39, 0.29) is 18.5 Å². The molecule has 214 valence electrons. The van der Waals surface area contributed by atoms with Gasteiger partial charge in [0.2, 0.25) is 0 Å². The van der Waals surface area contributed by atoms with Crippen LogP contribution in [0.2, 0.25) is 0 Å². The lowest BCUT2D eigenvalue weighted by Gasteiger charge is -2.32. The van der Waals surface area contributed by atoms with Crippen molar-refractivity contribution in [3.05, 3.63) is 70.6 Å². The predicted molar refractivity (Wildman–Crippen MR) is 158 cm³/mol. The molecule has 1 aromatic heterocycles. The fraction of sp³-hybridized carbons (Fsp3) is 0.433. The zero-order valence-electron chi connectivity index (χ0n) is 22.8. The Morgan fingerprint density at radius 3 is 2.55 bits per heavy atom. The minimum Gasteiger partial charge on any atom is -0.508 e. The zero-order valence-corrected chi connectivity index (χ0v) is 24.4. The molecule has 3 N–H and O–H groups in total. The first-order valence-electron chi connectivity index (χ1n) is 13.9. The Bertz CT molecular complexity index is 1420. The maximum atomic E-state index is 13.3. The summed E-state index contributed by atoms with van der Waals surface area (Å²) in [4.78, 5) is 13.3. The molecular weight excluding hydrogens is 546 g/mol. The van der Waals surface area contributed by atoms with Crippen molar-refractivity contribution in [1.29, 1.82) is 0 Å². The van der Waals surface area contributed by atoms with Crippen LogP contribution < -0.4 is 15.4 Å². The van der Waals surface area contributed by atoms with Crippen molar-refractivity contribution in [3.8, 4) is 11.5 Å². The number of aromatic hydroxyl groups is 1. The summed E-state index contributed by atoms with van der Waals surface area (Å²) >= 11 is 1.19. The van der Waals surface area contributed by atoms with Gasteiger partial charge in [0.1, 0.15) is 15.7 Å². The Hall–Kier alpha value is -3.08. The van der Waals surface area contributed by atoms with Crippen molar-refractivity contribution in [1.82, 2.24) is 9.62 Å². The van der Waals surface area contributed by atoms with E-state index in [9.17, 15) is 18.3 Å². The highest BCUT2D eigenvalue weighted by Gasteiger charge is 2.31. The number of nitrogens with one attached hydrogen (secondary N) is 2. The topological polar surface area (TPSA) is 108 Å². The summed E-state index contributed by atoms with van der Waals surface area (Å²) in [7, 11) is -2.05. The van der Waals surface area contributed by atoms with Gasteiger partial charge in [0.25, 0.3) is 15.9 Å². The third-order valence-corrected chi connectivity index (χ3v) is 11.3. The standard InChI is InChI=1S/C30H37N3O5S2/c1-38-25-9-5-8-22(18-25)30(35)31-20-26-11-13-29(39-26)40(36,37)33-16-14-23(15-17-33)32-24-10-12-28(34)27(19-24)21-6-3-2-4-7-21/h5,8-13,18-19,21,23,32,34H,2-4,6-7,14-17,20H2,1H3,(H,31,35). The lowest BCUT2D eigenvalue weighted by molar-refractivity contribution is 0.0951. The van der Waals surface area contributed by atoms with Gasteiger partial charge in [-0.1, -0.05) is 25.3 Å². The maximum absolute atomic E-state index is 13.3. The molecule has 1 aliphatic carbocycles. The minimum atomic E-state index is -3.60. The molecule has 0 bridgehead atoms. The monoisotopic (exact) mass is 583 g/mol. The van der Waals surface area contributed by atoms with E-state index in [0.717, 1.165) is 29.0 Å². The summed E-state index contributed by atoms with van der Waals surface area (Å²) in [6, 6.07) is 16.2. The van der Waals surface area contributed by atoms with Gasteiger partial charge in [-0.05, 0) is 85.7 Å². The number of rotatable bonds is 9. The third-order valence-electron chi connectivity index (χ3n) is 7.88. The largest absolute Gasteiger partial charge is 0.508 e. The summed E-state index contributed by atoms with van der Waals surface area (Å²) < 4.78 is 33.7. The van der Waals surface area contributed by atoms with E-state index in [4.69, 9.17) is 4.74 Å². The molecule has 8 nitrogen and oxygen atoms in total. The molecule has 0 radical (unpaired) electrons. The number of phenolic OH excluding ortho intramolecular Hbond substituents is 1. The number of thiophene rings is 1. The number of phenols is 1. The number of amides is 1. The second kappa shape index (κ2) is 12.6. The van der Waals surface area contributed by atoms with E-state index in [1.54, 1.807) is 53.9 Å². The van der Waals surface area contributed by atoms with E-state index in [0.29, 0.717) is 53.1 Å². The van der Waals surface area contributed by atoms with Crippen LogP contribution in [0.5, 0.6) is 11.5 Å². The van der Waals surface area contributed by atoms with Crippen molar-refractivity contribution in [2.45, 2.75) is 67.7 Å². The quantitative estimate of drug-likeness (QED) is 0.279. The van der Waals surface area contributed by atoms with Gasteiger partial charge in [-0.25, -0.2) is 8.42 Å². The number of ether oxygens (including phenoxy) is 1. The van der Waals surface area contributed by atoms with Crippen LogP contribution in [-0.4, -0.2) is 50.0 Å².